The largest absolute Gasteiger partial charge is 0.310 e. The molecule has 0 N–H and O–H groups in total. The number of para-hydroxylation sites is 4. The number of benzene rings is 13. The Morgan fingerprint density at radius 2 is 0.627 bits per heavy atom. The van der Waals surface area contributed by atoms with Crippen molar-refractivity contribution in [3.63, 3.8) is 0 Å². The standard InChI is InChI=1S/C78H58N4O/c1-55-47-59-28-17-21-43-73(59)77(48-55)82(65-38-12-5-13-39-65)69-52-61(51-68(54-69)81(64-36-10-4-11-37-64)76-46-24-31-58-27-16-20-42-72(58)76)78(83)60-49-66(79(62-32-6-2-7-33-62)74-44-22-29-56-25-14-18-40-70(56)74)53-67(50-60)80(63-34-8-3-9-35-63)75-45-23-30-57-26-15-19-41-71(57)75/h2-46,48-55H,47H2,1H3. The number of fused-ring (bicyclic) bond motifs is 4. The van der Waals surface area contributed by atoms with E-state index in [0.29, 0.717) is 11.1 Å². The van der Waals surface area contributed by atoms with Gasteiger partial charge in [-0.25, -0.2) is 0 Å². The van der Waals surface area contributed by atoms with Crippen LogP contribution in [-0.4, -0.2) is 5.78 Å². The van der Waals surface area contributed by atoms with Crippen LogP contribution in [0.1, 0.15) is 34.0 Å². The van der Waals surface area contributed by atoms with Crippen LogP contribution in [0.5, 0.6) is 0 Å². The summed E-state index contributed by atoms with van der Waals surface area (Å²) in [5, 5.41) is 6.63. The second kappa shape index (κ2) is 22.1. The molecule has 396 valence electrons. The second-order valence-corrected chi connectivity index (χ2v) is 21.4. The van der Waals surface area contributed by atoms with Gasteiger partial charge in [0.1, 0.15) is 0 Å². The molecule has 0 aliphatic heterocycles. The van der Waals surface area contributed by atoms with Gasteiger partial charge in [0.05, 0.1) is 17.1 Å². The van der Waals surface area contributed by atoms with E-state index in [2.05, 4.69) is 342 Å². The Labute approximate surface area is 485 Å². The Morgan fingerprint density at radius 3 is 1.02 bits per heavy atom. The molecule has 0 saturated carbocycles. The maximum atomic E-state index is 16.9. The predicted octanol–water partition coefficient (Wildman–Crippen LogP) is 21.2. The third kappa shape index (κ3) is 9.74. The number of carbonyl (C=O) groups excluding carboxylic acids is 1. The van der Waals surface area contributed by atoms with Gasteiger partial charge in [-0.05, 0) is 137 Å². The highest BCUT2D eigenvalue weighted by Gasteiger charge is 2.29. The molecule has 0 spiro atoms. The molecule has 1 aliphatic rings. The number of hydrogen-bond donors (Lipinski definition) is 0. The molecule has 13 aromatic rings. The van der Waals surface area contributed by atoms with Crippen LogP contribution >= 0.6 is 0 Å². The fourth-order valence-corrected chi connectivity index (χ4v) is 12.3. The topological polar surface area (TPSA) is 30.0 Å². The highest BCUT2D eigenvalue weighted by Crippen LogP contribution is 2.48. The summed E-state index contributed by atoms with van der Waals surface area (Å²) in [6, 6.07) is 109. The molecule has 5 heteroatoms. The van der Waals surface area contributed by atoms with Crippen molar-refractivity contribution < 1.29 is 4.79 Å². The Kier molecular flexibility index (Phi) is 13.4. The van der Waals surface area contributed by atoms with Crippen LogP contribution in [-0.2, 0) is 6.42 Å². The monoisotopic (exact) mass is 1070 g/mol. The SMILES string of the molecule is CC1C=C(N(c2ccccc2)c2cc(C(=O)c3cc(N(c4ccccc4)c4cccc5ccccc45)cc(N(c4ccccc4)c4cccc5ccccc45)c3)cc(N(c3ccccc3)c3cccc4ccccc34)c2)c2ccccc2C1. The zero-order valence-electron chi connectivity index (χ0n) is 46.0. The number of nitrogens with zero attached hydrogens (tertiary/aromatic N) is 4. The van der Waals surface area contributed by atoms with E-state index < -0.39 is 0 Å². The lowest BCUT2D eigenvalue weighted by Gasteiger charge is -2.34. The van der Waals surface area contributed by atoms with Crippen LogP contribution in [0, 0.1) is 5.92 Å². The van der Waals surface area contributed by atoms with Gasteiger partial charge >= 0.3 is 0 Å². The molecule has 1 unspecified atom stereocenters. The lowest BCUT2D eigenvalue weighted by molar-refractivity contribution is 0.103. The first-order chi connectivity index (χ1) is 41.0. The Bertz CT molecular complexity index is 4380. The fraction of sp³-hybridized carbons (Fsp3) is 0.0385. The van der Waals surface area contributed by atoms with E-state index in [9.17, 15) is 0 Å². The van der Waals surface area contributed by atoms with Gasteiger partial charge in [-0.3, -0.25) is 4.79 Å². The molecule has 1 aliphatic carbocycles. The van der Waals surface area contributed by atoms with Crippen molar-refractivity contribution in [3.8, 4) is 0 Å². The van der Waals surface area contributed by atoms with E-state index in [1.807, 2.05) is 0 Å². The van der Waals surface area contributed by atoms with Crippen LogP contribution in [0.4, 0.5) is 62.6 Å². The quantitative estimate of drug-likeness (QED) is 0.101. The highest BCUT2D eigenvalue weighted by atomic mass is 16.1. The minimum Gasteiger partial charge on any atom is -0.310 e. The summed E-state index contributed by atoms with van der Waals surface area (Å²) in [5.74, 6) is 0.134. The lowest BCUT2D eigenvalue weighted by Crippen LogP contribution is -2.22. The van der Waals surface area contributed by atoms with Gasteiger partial charge in [0.2, 0.25) is 0 Å². The van der Waals surface area contributed by atoms with Gasteiger partial charge in [-0.1, -0.05) is 219 Å². The molecule has 83 heavy (non-hydrogen) atoms. The normalized spacial score (nSPS) is 12.8. The van der Waals surface area contributed by atoms with Crippen LogP contribution < -0.4 is 19.6 Å². The number of anilines is 11. The van der Waals surface area contributed by atoms with Crippen molar-refractivity contribution >= 4 is 106 Å². The van der Waals surface area contributed by atoms with Gasteiger partial charge in [0, 0.05) is 84.0 Å². The van der Waals surface area contributed by atoms with Crippen molar-refractivity contribution in [2.45, 2.75) is 13.3 Å². The summed E-state index contributed by atoms with van der Waals surface area (Å²) in [6.45, 7) is 2.29. The Morgan fingerprint density at radius 1 is 0.313 bits per heavy atom. The average molecular weight is 1070 g/mol. The molecular weight excluding hydrogens is 1010 g/mol. The molecule has 0 radical (unpaired) electrons. The molecule has 0 bridgehead atoms. The predicted molar refractivity (Wildman–Crippen MR) is 349 cm³/mol. The maximum absolute atomic E-state index is 16.9. The van der Waals surface area contributed by atoms with Crippen molar-refractivity contribution in [2.24, 2.45) is 5.92 Å². The average Bonchev–Trinajstić information content (AvgIpc) is 3.72. The van der Waals surface area contributed by atoms with Gasteiger partial charge in [-0.15, -0.1) is 0 Å². The van der Waals surface area contributed by atoms with E-state index >= 15 is 4.79 Å². The molecule has 14 rings (SSSR count). The number of rotatable bonds is 14. The smallest absolute Gasteiger partial charge is 0.193 e. The summed E-state index contributed by atoms with van der Waals surface area (Å²) in [5.41, 5.74) is 14.8. The summed E-state index contributed by atoms with van der Waals surface area (Å²) in [6.07, 6.45) is 3.33. The van der Waals surface area contributed by atoms with Crippen molar-refractivity contribution in [1.82, 2.24) is 0 Å². The molecule has 0 amide bonds. The molecule has 5 nitrogen and oxygen atoms in total. The minimum absolute atomic E-state index is 0.126. The first-order valence-electron chi connectivity index (χ1n) is 28.5. The summed E-state index contributed by atoms with van der Waals surface area (Å²) in [4.78, 5) is 26.2. The zero-order valence-corrected chi connectivity index (χ0v) is 46.0. The molecular formula is C78H58N4O. The number of allylic oxidation sites excluding steroid dienone is 1. The number of carbonyl (C=O) groups is 1. The molecule has 13 aromatic carbocycles. The second-order valence-electron chi connectivity index (χ2n) is 21.4. The fourth-order valence-electron chi connectivity index (χ4n) is 12.3. The highest BCUT2D eigenvalue weighted by molar-refractivity contribution is 6.13. The van der Waals surface area contributed by atoms with Gasteiger partial charge in [-0.2, -0.15) is 0 Å². The van der Waals surface area contributed by atoms with Crippen molar-refractivity contribution in [1.29, 1.82) is 0 Å². The number of ketones is 1. The third-order valence-electron chi connectivity index (χ3n) is 16.0. The molecule has 0 saturated heterocycles. The van der Waals surface area contributed by atoms with Crippen LogP contribution in [0.25, 0.3) is 38.0 Å². The zero-order chi connectivity index (χ0) is 55.6. The molecule has 1 atom stereocenters. The van der Waals surface area contributed by atoms with Gasteiger partial charge in [0.25, 0.3) is 0 Å². The van der Waals surface area contributed by atoms with Crippen LogP contribution in [0.15, 0.2) is 315 Å². The van der Waals surface area contributed by atoms with Crippen molar-refractivity contribution in [2.75, 3.05) is 19.6 Å². The van der Waals surface area contributed by atoms with Crippen LogP contribution in [0.3, 0.4) is 0 Å². The minimum atomic E-state index is -0.126. The summed E-state index contributed by atoms with van der Waals surface area (Å²) < 4.78 is 0. The van der Waals surface area contributed by atoms with E-state index in [-0.39, 0.29) is 11.7 Å². The van der Waals surface area contributed by atoms with Gasteiger partial charge in [0.15, 0.2) is 5.78 Å². The Balaban J connectivity index is 1.06. The maximum Gasteiger partial charge on any atom is 0.193 e. The van der Waals surface area contributed by atoms with Crippen molar-refractivity contribution in [3.05, 3.63) is 338 Å². The van der Waals surface area contributed by atoms with Crippen LogP contribution in [0.2, 0.25) is 0 Å². The van der Waals surface area contributed by atoms with E-state index in [1.165, 1.54) is 11.1 Å². The molecule has 0 heterocycles. The third-order valence-corrected chi connectivity index (χ3v) is 16.0. The molecule has 0 aromatic heterocycles. The van der Waals surface area contributed by atoms with E-state index in [4.69, 9.17) is 0 Å². The lowest BCUT2D eigenvalue weighted by atomic mass is 9.87. The molecule has 0 fully saturated rings. The first kappa shape index (κ1) is 50.5. The summed E-state index contributed by atoms with van der Waals surface area (Å²) >= 11 is 0. The number of hydrogen-bond acceptors (Lipinski definition) is 5. The first-order valence-corrected chi connectivity index (χ1v) is 28.5. The Hall–Kier alpha value is -10.8. The summed E-state index contributed by atoms with van der Waals surface area (Å²) in [7, 11) is 0. The van der Waals surface area contributed by atoms with E-state index in [0.717, 1.165) is 107 Å². The van der Waals surface area contributed by atoms with Gasteiger partial charge < -0.3 is 19.6 Å². The van der Waals surface area contributed by atoms with E-state index in [1.54, 1.807) is 0 Å².